The van der Waals surface area contributed by atoms with Gasteiger partial charge in [0.15, 0.2) is 9.84 Å². The Morgan fingerprint density at radius 2 is 1.93 bits per heavy atom. The minimum Gasteiger partial charge on any atom is -0.379 e. The van der Waals surface area contributed by atoms with Gasteiger partial charge in [0.2, 0.25) is 0 Å². The van der Waals surface area contributed by atoms with Crippen molar-refractivity contribution in [3.63, 3.8) is 0 Å². The third-order valence-corrected chi connectivity index (χ3v) is 5.26. The molecule has 1 aromatic rings. The summed E-state index contributed by atoms with van der Waals surface area (Å²) in [5.74, 6) is 0. The molecule has 0 unspecified atom stereocenters. The molecular weight excluding hydrogens is 268 g/mol. The van der Waals surface area contributed by atoms with Crippen molar-refractivity contribution in [1.82, 2.24) is 0 Å². The fourth-order valence-electron chi connectivity index (χ4n) is 1.25. The molecule has 76 valence electrons. The predicted molar refractivity (Wildman–Crippen MR) is 55.9 cm³/mol. The molecule has 0 spiro atoms. The van der Waals surface area contributed by atoms with Crippen molar-refractivity contribution in [1.29, 1.82) is 0 Å². The fourth-order valence-corrected chi connectivity index (χ4v) is 3.73. The topological polar surface area (TPSA) is 43.4 Å². The fraction of sp³-hybridized carbons (Fsp3) is 0.333. The van der Waals surface area contributed by atoms with Gasteiger partial charge < -0.3 is 4.74 Å². The molecule has 3 nitrogen and oxygen atoms in total. The molecule has 1 fully saturated rings. The van der Waals surface area contributed by atoms with Crippen molar-refractivity contribution in [2.24, 2.45) is 0 Å². The minimum atomic E-state index is -3.20. The van der Waals surface area contributed by atoms with Crippen LogP contribution in [0.1, 0.15) is 0 Å². The zero-order valence-corrected chi connectivity index (χ0v) is 9.71. The first-order valence-corrected chi connectivity index (χ1v) is 6.52. The third kappa shape index (κ3) is 1.60. The van der Waals surface area contributed by atoms with E-state index in [1.165, 1.54) is 0 Å². The standard InChI is InChI=1S/C9H9BrO3S/c10-8-3-1-2-4-9(8)14(11,12)7-5-13-6-7/h1-4,7H,5-6H2. The summed E-state index contributed by atoms with van der Waals surface area (Å²) >= 11 is 3.23. The average Bonchev–Trinajstić information content (AvgIpc) is 2.00. The largest absolute Gasteiger partial charge is 0.379 e. The van der Waals surface area contributed by atoms with Gasteiger partial charge in [0.05, 0.1) is 18.1 Å². The normalized spacial score (nSPS) is 17.8. The lowest BCUT2D eigenvalue weighted by Gasteiger charge is -2.26. The van der Waals surface area contributed by atoms with Gasteiger partial charge in [-0.2, -0.15) is 0 Å². The van der Waals surface area contributed by atoms with Crippen LogP contribution in [0.15, 0.2) is 33.6 Å². The summed E-state index contributed by atoms with van der Waals surface area (Å²) < 4.78 is 29.4. The molecule has 2 rings (SSSR count). The van der Waals surface area contributed by atoms with E-state index in [4.69, 9.17) is 4.74 Å². The van der Waals surface area contributed by atoms with E-state index in [1.54, 1.807) is 24.3 Å². The number of ether oxygens (including phenoxy) is 1. The van der Waals surface area contributed by atoms with E-state index >= 15 is 0 Å². The molecular formula is C9H9BrO3S. The summed E-state index contributed by atoms with van der Waals surface area (Å²) in [6, 6.07) is 6.85. The Bertz CT molecular complexity index is 437. The molecule has 0 radical (unpaired) electrons. The van der Waals surface area contributed by atoms with Crippen LogP contribution in [-0.4, -0.2) is 26.9 Å². The first-order chi connectivity index (χ1) is 6.62. The second kappa shape index (κ2) is 3.64. The maximum Gasteiger partial charge on any atom is 0.186 e. The Hall–Kier alpha value is -0.390. The van der Waals surface area contributed by atoms with Crippen LogP contribution in [-0.2, 0) is 14.6 Å². The van der Waals surface area contributed by atoms with Crippen LogP contribution in [0.25, 0.3) is 0 Å². The first-order valence-electron chi connectivity index (χ1n) is 4.18. The number of sulfone groups is 1. The minimum absolute atomic E-state index is 0.309. The second-order valence-corrected chi connectivity index (χ2v) is 6.19. The van der Waals surface area contributed by atoms with Crippen LogP contribution in [0.2, 0.25) is 0 Å². The van der Waals surface area contributed by atoms with E-state index in [0.29, 0.717) is 22.6 Å². The van der Waals surface area contributed by atoms with Crippen LogP contribution in [0.4, 0.5) is 0 Å². The van der Waals surface area contributed by atoms with Crippen molar-refractivity contribution in [3.8, 4) is 0 Å². The highest BCUT2D eigenvalue weighted by Gasteiger charge is 2.34. The molecule has 5 heteroatoms. The van der Waals surface area contributed by atoms with Crippen molar-refractivity contribution >= 4 is 25.8 Å². The molecule has 0 aliphatic carbocycles. The quantitative estimate of drug-likeness (QED) is 0.825. The van der Waals surface area contributed by atoms with Gasteiger partial charge in [0, 0.05) is 4.47 Å². The van der Waals surface area contributed by atoms with Gasteiger partial charge >= 0.3 is 0 Å². The van der Waals surface area contributed by atoms with Gasteiger partial charge in [0.25, 0.3) is 0 Å². The van der Waals surface area contributed by atoms with E-state index in [2.05, 4.69) is 15.9 Å². The van der Waals surface area contributed by atoms with E-state index in [1.807, 2.05) is 0 Å². The van der Waals surface area contributed by atoms with Gasteiger partial charge in [-0.3, -0.25) is 0 Å². The molecule has 1 saturated heterocycles. The first kappa shape index (κ1) is 10.1. The van der Waals surface area contributed by atoms with Crippen molar-refractivity contribution in [2.45, 2.75) is 10.1 Å². The number of hydrogen-bond acceptors (Lipinski definition) is 3. The molecule has 0 bridgehead atoms. The van der Waals surface area contributed by atoms with Gasteiger partial charge in [-0.05, 0) is 28.1 Å². The lowest BCUT2D eigenvalue weighted by Crippen LogP contribution is -2.40. The van der Waals surface area contributed by atoms with E-state index in [0.717, 1.165) is 0 Å². The molecule has 0 amide bonds. The predicted octanol–water partition coefficient (Wildman–Crippen LogP) is 1.62. The van der Waals surface area contributed by atoms with E-state index in [-0.39, 0.29) is 5.25 Å². The van der Waals surface area contributed by atoms with Crippen LogP contribution in [0, 0.1) is 0 Å². The Morgan fingerprint density at radius 3 is 2.43 bits per heavy atom. The van der Waals surface area contributed by atoms with Crippen molar-refractivity contribution in [3.05, 3.63) is 28.7 Å². The highest BCUT2D eigenvalue weighted by atomic mass is 79.9. The highest BCUT2D eigenvalue weighted by molar-refractivity contribution is 9.10. The smallest absolute Gasteiger partial charge is 0.186 e. The maximum atomic E-state index is 11.9. The summed E-state index contributed by atoms with van der Waals surface area (Å²) in [5, 5.41) is -0.374. The Labute approximate surface area is 91.1 Å². The van der Waals surface area contributed by atoms with Gasteiger partial charge in [-0.1, -0.05) is 12.1 Å². The Morgan fingerprint density at radius 1 is 1.29 bits per heavy atom. The van der Waals surface area contributed by atoms with Crippen molar-refractivity contribution < 1.29 is 13.2 Å². The Balaban J connectivity index is 2.43. The van der Waals surface area contributed by atoms with Gasteiger partial charge in [0.1, 0.15) is 5.25 Å². The molecule has 0 saturated carbocycles. The van der Waals surface area contributed by atoms with Gasteiger partial charge in [-0.25, -0.2) is 8.42 Å². The number of hydrogen-bond donors (Lipinski definition) is 0. The molecule has 0 atom stereocenters. The maximum absolute atomic E-state index is 11.9. The summed E-state index contributed by atoms with van der Waals surface area (Å²) in [6.07, 6.45) is 0. The molecule has 1 aliphatic rings. The van der Waals surface area contributed by atoms with Crippen LogP contribution in [0.3, 0.4) is 0 Å². The third-order valence-electron chi connectivity index (χ3n) is 2.19. The highest BCUT2D eigenvalue weighted by Crippen LogP contribution is 2.27. The van der Waals surface area contributed by atoms with Crippen LogP contribution < -0.4 is 0 Å². The van der Waals surface area contributed by atoms with Crippen LogP contribution in [0.5, 0.6) is 0 Å². The molecule has 1 heterocycles. The number of rotatable bonds is 2. The van der Waals surface area contributed by atoms with Crippen molar-refractivity contribution in [2.75, 3.05) is 13.2 Å². The molecule has 14 heavy (non-hydrogen) atoms. The summed E-state index contributed by atoms with van der Waals surface area (Å²) in [7, 11) is -3.20. The molecule has 1 aliphatic heterocycles. The molecule has 1 aromatic carbocycles. The number of halogens is 1. The van der Waals surface area contributed by atoms with Gasteiger partial charge in [-0.15, -0.1) is 0 Å². The monoisotopic (exact) mass is 276 g/mol. The Kier molecular flexibility index (Phi) is 2.64. The van der Waals surface area contributed by atoms with Crippen LogP contribution >= 0.6 is 15.9 Å². The molecule has 0 N–H and O–H groups in total. The number of benzene rings is 1. The second-order valence-electron chi connectivity index (χ2n) is 3.13. The summed E-state index contributed by atoms with van der Waals surface area (Å²) in [5.41, 5.74) is 0. The summed E-state index contributed by atoms with van der Waals surface area (Å²) in [4.78, 5) is 0.355. The van der Waals surface area contributed by atoms with E-state index in [9.17, 15) is 8.42 Å². The zero-order valence-electron chi connectivity index (χ0n) is 7.31. The lowest BCUT2D eigenvalue weighted by atomic mass is 10.4. The lowest BCUT2D eigenvalue weighted by molar-refractivity contribution is 0.0416. The summed E-state index contributed by atoms with van der Waals surface area (Å²) in [6.45, 7) is 0.618. The molecule has 0 aromatic heterocycles. The average molecular weight is 277 g/mol. The van der Waals surface area contributed by atoms with E-state index < -0.39 is 9.84 Å². The SMILES string of the molecule is O=S(=O)(c1ccccc1Br)C1COC1. The zero-order chi connectivity index (χ0) is 10.2.